The molecular weight excluding hydrogens is 386 g/mol. The third-order valence-electron chi connectivity index (χ3n) is 5.30. The maximum absolute atomic E-state index is 12.9. The fourth-order valence-electron chi connectivity index (χ4n) is 3.92. The molecule has 1 saturated heterocycles. The summed E-state index contributed by atoms with van der Waals surface area (Å²) in [6, 6.07) is 4.44. The zero-order chi connectivity index (χ0) is 21.5. The molecule has 1 atom stereocenters. The van der Waals surface area contributed by atoms with E-state index in [0.717, 1.165) is 31.5 Å². The first-order chi connectivity index (χ1) is 14.6. The average Bonchev–Trinajstić information content (AvgIpc) is 2.74. The van der Waals surface area contributed by atoms with Crippen molar-refractivity contribution in [1.82, 2.24) is 15.5 Å². The molecule has 2 aliphatic rings. The lowest BCUT2D eigenvalue weighted by Crippen LogP contribution is -2.49. The SMILES string of the molecule is CCOC(=O)C1=C(CN2CCCCC2)NC(=O)N[C@@H]1c1ccc(OCC)c(OC)c1. The fraction of sp³-hybridized carbons (Fsp3) is 0.545. The van der Waals surface area contributed by atoms with E-state index in [0.29, 0.717) is 35.9 Å². The molecule has 0 radical (unpaired) electrons. The van der Waals surface area contributed by atoms with Gasteiger partial charge in [-0.1, -0.05) is 12.5 Å². The van der Waals surface area contributed by atoms with Crippen LogP contribution in [0.15, 0.2) is 29.5 Å². The number of piperidine rings is 1. The van der Waals surface area contributed by atoms with Crippen molar-refractivity contribution in [3.63, 3.8) is 0 Å². The number of hydrogen-bond acceptors (Lipinski definition) is 6. The number of hydrogen-bond donors (Lipinski definition) is 2. The van der Waals surface area contributed by atoms with Gasteiger partial charge in [0.1, 0.15) is 0 Å². The first-order valence-electron chi connectivity index (χ1n) is 10.6. The van der Waals surface area contributed by atoms with Crippen molar-refractivity contribution in [2.45, 2.75) is 39.2 Å². The van der Waals surface area contributed by atoms with Crippen molar-refractivity contribution in [3.8, 4) is 11.5 Å². The van der Waals surface area contributed by atoms with Gasteiger partial charge >= 0.3 is 12.0 Å². The molecule has 1 fully saturated rings. The van der Waals surface area contributed by atoms with Gasteiger partial charge < -0.3 is 24.8 Å². The van der Waals surface area contributed by atoms with Crippen LogP contribution in [0.1, 0.15) is 44.7 Å². The van der Waals surface area contributed by atoms with E-state index in [1.165, 1.54) is 6.42 Å². The van der Waals surface area contributed by atoms with Crippen LogP contribution in [0.5, 0.6) is 11.5 Å². The number of nitrogens with zero attached hydrogens (tertiary/aromatic N) is 1. The van der Waals surface area contributed by atoms with Crippen LogP contribution in [-0.2, 0) is 9.53 Å². The standard InChI is InChI=1S/C22H31N3O5/c1-4-29-17-10-9-15(13-18(17)28-3)20-19(21(26)30-5-2)16(23-22(27)24-20)14-25-11-7-6-8-12-25/h9-10,13,20H,4-8,11-12,14H2,1-3H3,(H2,23,24,27)/t20-/m1/s1. The molecule has 0 saturated carbocycles. The molecule has 0 bridgehead atoms. The van der Waals surface area contributed by atoms with Gasteiger partial charge in [-0.15, -0.1) is 0 Å². The van der Waals surface area contributed by atoms with E-state index in [-0.39, 0.29) is 12.6 Å². The summed E-state index contributed by atoms with van der Waals surface area (Å²) in [5, 5.41) is 5.71. The van der Waals surface area contributed by atoms with Crippen molar-refractivity contribution in [2.75, 3.05) is 40.0 Å². The normalized spacial score (nSPS) is 19.7. The number of nitrogens with one attached hydrogen (secondary N) is 2. The molecule has 164 valence electrons. The second-order valence-corrected chi connectivity index (χ2v) is 7.32. The molecule has 2 amide bonds. The highest BCUT2D eigenvalue weighted by Gasteiger charge is 2.35. The lowest BCUT2D eigenvalue weighted by Gasteiger charge is -2.33. The van der Waals surface area contributed by atoms with E-state index in [1.807, 2.05) is 13.0 Å². The van der Waals surface area contributed by atoms with E-state index in [1.54, 1.807) is 26.2 Å². The van der Waals surface area contributed by atoms with Crippen LogP contribution >= 0.6 is 0 Å². The number of likely N-dealkylation sites (tertiary alicyclic amines) is 1. The summed E-state index contributed by atoms with van der Waals surface area (Å²) in [7, 11) is 1.56. The molecule has 2 N–H and O–H groups in total. The molecule has 1 aromatic rings. The molecule has 0 aliphatic carbocycles. The minimum atomic E-state index is -0.637. The van der Waals surface area contributed by atoms with Crippen LogP contribution in [0.25, 0.3) is 0 Å². The van der Waals surface area contributed by atoms with Crippen LogP contribution in [-0.4, -0.2) is 56.9 Å². The van der Waals surface area contributed by atoms with E-state index in [9.17, 15) is 9.59 Å². The smallest absolute Gasteiger partial charge is 0.338 e. The molecule has 3 rings (SSSR count). The largest absolute Gasteiger partial charge is 0.493 e. The third kappa shape index (κ3) is 5.05. The molecule has 0 spiro atoms. The minimum Gasteiger partial charge on any atom is -0.493 e. The molecule has 30 heavy (non-hydrogen) atoms. The highest BCUT2D eigenvalue weighted by atomic mass is 16.5. The number of methoxy groups -OCH3 is 1. The van der Waals surface area contributed by atoms with Crippen LogP contribution in [0, 0.1) is 0 Å². The second kappa shape index (κ2) is 10.3. The summed E-state index contributed by atoms with van der Waals surface area (Å²) in [4.78, 5) is 27.6. The van der Waals surface area contributed by atoms with Gasteiger partial charge in [0.2, 0.25) is 0 Å². The number of esters is 1. The zero-order valence-corrected chi connectivity index (χ0v) is 18.0. The summed E-state index contributed by atoms with van der Waals surface area (Å²) >= 11 is 0. The first-order valence-corrected chi connectivity index (χ1v) is 10.6. The molecule has 8 heteroatoms. The third-order valence-corrected chi connectivity index (χ3v) is 5.30. The highest BCUT2D eigenvalue weighted by Crippen LogP contribution is 2.35. The van der Waals surface area contributed by atoms with Crippen molar-refractivity contribution < 1.29 is 23.8 Å². The van der Waals surface area contributed by atoms with Crippen LogP contribution in [0.3, 0.4) is 0 Å². The average molecular weight is 418 g/mol. The predicted octanol–water partition coefficient (Wildman–Crippen LogP) is 2.75. The molecular formula is C22H31N3O5. The van der Waals surface area contributed by atoms with E-state index < -0.39 is 12.0 Å². The Hall–Kier alpha value is -2.74. The van der Waals surface area contributed by atoms with Crippen LogP contribution in [0.4, 0.5) is 4.79 Å². The lowest BCUT2D eigenvalue weighted by atomic mass is 9.94. The van der Waals surface area contributed by atoms with Gasteiger partial charge in [0.05, 0.1) is 31.9 Å². The van der Waals surface area contributed by atoms with Gasteiger partial charge in [-0.05, 0) is 57.5 Å². The molecule has 0 unspecified atom stereocenters. The number of carbonyl (C=O) groups is 2. The van der Waals surface area contributed by atoms with Crippen molar-refractivity contribution >= 4 is 12.0 Å². The minimum absolute atomic E-state index is 0.257. The Morgan fingerprint density at radius 3 is 2.57 bits per heavy atom. The number of ether oxygens (including phenoxy) is 3. The van der Waals surface area contributed by atoms with E-state index >= 15 is 0 Å². The summed E-state index contributed by atoms with van der Waals surface area (Å²) < 4.78 is 16.4. The van der Waals surface area contributed by atoms with Gasteiger partial charge in [-0.25, -0.2) is 9.59 Å². The number of carbonyl (C=O) groups excluding carboxylic acids is 2. The van der Waals surface area contributed by atoms with E-state index in [2.05, 4.69) is 15.5 Å². The van der Waals surface area contributed by atoms with Crippen molar-refractivity contribution in [3.05, 3.63) is 35.0 Å². The summed E-state index contributed by atoms with van der Waals surface area (Å²) in [6.45, 7) is 6.84. The predicted molar refractivity (Wildman–Crippen MR) is 113 cm³/mol. The van der Waals surface area contributed by atoms with Crippen molar-refractivity contribution in [1.29, 1.82) is 0 Å². The van der Waals surface area contributed by atoms with Gasteiger partial charge in [-0.3, -0.25) is 4.90 Å². The van der Waals surface area contributed by atoms with E-state index in [4.69, 9.17) is 14.2 Å². The molecule has 2 heterocycles. The lowest BCUT2D eigenvalue weighted by molar-refractivity contribution is -0.139. The molecule has 8 nitrogen and oxygen atoms in total. The number of benzene rings is 1. The monoisotopic (exact) mass is 417 g/mol. The van der Waals surface area contributed by atoms with Crippen molar-refractivity contribution in [2.24, 2.45) is 0 Å². The molecule has 0 aromatic heterocycles. The van der Waals surface area contributed by atoms with Gasteiger partial charge in [0.25, 0.3) is 0 Å². The summed E-state index contributed by atoms with van der Waals surface area (Å²) in [5.74, 6) is 0.719. The summed E-state index contributed by atoms with van der Waals surface area (Å²) in [5.41, 5.74) is 1.74. The Kier molecular flexibility index (Phi) is 7.57. The first kappa shape index (κ1) is 22.0. The Morgan fingerprint density at radius 2 is 1.90 bits per heavy atom. The van der Waals surface area contributed by atoms with Gasteiger partial charge in [0.15, 0.2) is 11.5 Å². The second-order valence-electron chi connectivity index (χ2n) is 7.32. The van der Waals surface area contributed by atoms with Crippen LogP contribution < -0.4 is 20.1 Å². The number of urea groups is 1. The van der Waals surface area contributed by atoms with Gasteiger partial charge in [0, 0.05) is 12.2 Å². The zero-order valence-electron chi connectivity index (χ0n) is 18.0. The highest BCUT2D eigenvalue weighted by molar-refractivity contribution is 5.95. The Labute approximate surface area is 177 Å². The molecule has 2 aliphatic heterocycles. The molecule has 1 aromatic carbocycles. The quantitative estimate of drug-likeness (QED) is 0.633. The Bertz CT molecular complexity index is 802. The Morgan fingerprint density at radius 1 is 1.13 bits per heavy atom. The maximum atomic E-state index is 12.9. The maximum Gasteiger partial charge on any atom is 0.338 e. The topological polar surface area (TPSA) is 89.1 Å². The van der Waals surface area contributed by atoms with Crippen LogP contribution in [0.2, 0.25) is 0 Å². The number of amides is 2. The number of rotatable bonds is 8. The van der Waals surface area contributed by atoms with Gasteiger partial charge in [-0.2, -0.15) is 0 Å². The fourth-order valence-corrected chi connectivity index (χ4v) is 3.92. The Balaban J connectivity index is 2.00. The summed E-state index contributed by atoms with van der Waals surface area (Å²) in [6.07, 6.45) is 3.45.